The van der Waals surface area contributed by atoms with Crippen LogP contribution < -0.4 is 20.7 Å². The Morgan fingerprint density at radius 2 is 1.81 bits per heavy atom. The third-order valence-electron chi connectivity index (χ3n) is 2.16. The van der Waals surface area contributed by atoms with E-state index in [9.17, 15) is 0 Å². The van der Waals surface area contributed by atoms with Crippen LogP contribution in [0.25, 0.3) is 0 Å². The van der Waals surface area contributed by atoms with Gasteiger partial charge in [-0.15, -0.1) is 4.98 Å². The molecule has 9 nitrogen and oxygen atoms in total. The third kappa shape index (κ3) is 7.59. The van der Waals surface area contributed by atoms with Crippen molar-refractivity contribution in [3.8, 4) is 12.0 Å². The van der Waals surface area contributed by atoms with Gasteiger partial charge in [0.1, 0.15) is 6.61 Å². The van der Waals surface area contributed by atoms with Gasteiger partial charge in [0.25, 0.3) is 0 Å². The van der Waals surface area contributed by atoms with Gasteiger partial charge in [-0.1, -0.05) is 0 Å². The molecule has 0 bridgehead atoms. The van der Waals surface area contributed by atoms with Gasteiger partial charge in [-0.05, 0) is 20.3 Å². The van der Waals surface area contributed by atoms with Crippen molar-refractivity contribution >= 4 is 5.95 Å². The lowest BCUT2D eigenvalue weighted by molar-refractivity contribution is 0.0778. The van der Waals surface area contributed by atoms with Gasteiger partial charge < -0.3 is 18.9 Å². The molecule has 3 N–H and O–H groups in total. The summed E-state index contributed by atoms with van der Waals surface area (Å²) in [5.74, 6) is 5.47. The van der Waals surface area contributed by atoms with Crippen molar-refractivity contribution in [3.05, 3.63) is 0 Å². The molecular weight excluding hydrogens is 278 g/mol. The zero-order valence-corrected chi connectivity index (χ0v) is 12.7. The van der Waals surface area contributed by atoms with Crippen molar-refractivity contribution in [2.45, 2.75) is 26.4 Å². The van der Waals surface area contributed by atoms with Crippen LogP contribution in [0.3, 0.4) is 0 Å². The number of hydrogen-bond acceptors (Lipinski definition) is 9. The highest BCUT2D eigenvalue weighted by Gasteiger charge is 2.09. The van der Waals surface area contributed by atoms with Gasteiger partial charge in [0, 0.05) is 20.3 Å². The second-order valence-corrected chi connectivity index (χ2v) is 4.34. The van der Waals surface area contributed by atoms with E-state index < -0.39 is 0 Å². The van der Waals surface area contributed by atoms with Crippen molar-refractivity contribution < 1.29 is 18.9 Å². The lowest BCUT2D eigenvalue weighted by Crippen LogP contribution is -2.16. The van der Waals surface area contributed by atoms with Crippen LogP contribution in [0, 0.1) is 0 Å². The number of nitrogens with zero attached hydrogens (tertiary/aromatic N) is 3. The molecule has 0 radical (unpaired) electrons. The van der Waals surface area contributed by atoms with E-state index in [0.29, 0.717) is 26.4 Å². The fraction of sp³-hybridized carbons (Fsp3) is 0.750. The van der Waals surface area contributed by atoms with Crippen LogP contribution >= 0.6 is 0 Å². The lowest BCUT2D eigenvalue weighted by atomic mass is 10.5. The number of nitrogen functional groups attached to an aromatic ring is 1. The molecule has 1 aromatic heterocycles. The molecule has 0 aromatic carbocycles. The van der Waals surface area contributed by atoms with Gasteiger partial charge in [-0.3, -0.25) is 5.43 Å². The summed E-state index contributed by atoms with van der Waals surface area (Å²) in [4.78, 5) is 12.0. The molecular formula is C12H23N5O4. The number of nitrogens with one attached hydrogen (secondary N) is 1. The van der Waals surface area contributed by atoms with Crippen LogP contribution in [-0.4, -0.2) is 54.6 Å². The average Bonchev–Trinajstić information content (AvgIpc) is 2.45. The number of anilines is 1. The van der Waals surface area contributed by atoms with Crippen LogP contribution in [0.2, 0.25) is 0 Å². The number of hydrogen-bond donors (Lipinski definition) is 2. The van der Waals surface area contributed by atoms with E-state index >= 15 is 0 Å². The van der Waals surface area contributed by atoms with Crippen molar-refractivity contribution in [1.29, 1.82) is 0 Å². The highest BCUT2D eigenvalue weighted by atomic mass is 16.5. The normalized spacial score (nSPS) is 10.7. The second-order valence-electron chi connectivity index (χ2n) is 4.34. The van der Waals surface area contributed by atoms with Crippen molar-refractivity contribution in [2.24, 2.45) is 5.84 Å². The first kappa shape index (κ1) is 17.3. The minimum absolute atomic E-state index is 0.0602. The second kappa shape index (κ2) is 10.1. The van der Waals surface area contributed by atoms with Crippen molar-refractivity contribution in [3.63, 3.8) is 0 Å². The van der Waals surface area contributed by atoms with Crippen LogP contribution in [0.1, 0.15) is 20.3 Å². The van der Waals surface area contributed by atoms with E-state index in [2.05, 4.69) is 20.4 Å². The van der Waals surface area contributed by atoms with Gasteiger partial charge in [-0.25, -0.2) is 5.84 Å². The molecule has 1 heterocycles. The number of hydrazine groups is 1. The summed E-state index contributed by atoms with van der Waals surface area (Å²) in [7, 11) is 1.66. The summed E-state index contributed by atoms with van der Waals surface area (Å²) in [6.07, 6.45) is 0.783. The zero-order valence-electron chi connectivity index (χ0n) is 12.7. The lowest BCUT2D eigenvalue weighted by Gasteiger charge is -2.10. The zero-order chi connectivity index (χ0) is 15.5. The maximum Gasteiger partial charge on any atom is 0.324 e. The summed E-state index contributed by atoms with van der Waals surface area (Å²) in [5.41, 5.74) is 2.34. The van der Waals surface area contributed by atoms with Crippen LogP contribution in [0.4, 0.5) is 5.95 Å². The Labute approximate surface area is 124 Å². The fourth-order valence-corrected chi connectivity index (χ4v) is 1.33. The highest BCUT2D eigenvalue weighted by Crippen LogP contribution is 2.13. The van der Waals surface area contributed by atoms with Gasteiger partial charge in [0.15, 0.2) is 0 Å². The highest BCUT2D eigenvalue weighted by molar-refractivity contribution is 5.25. The minimum Gasteiger partial charge on any atom is -0.461 e. The molecule has 0 aliphatic heterocycles. The fourth-order valence-electron chi connectivity index (χ4n) is 1.33. The van der Waals surface area contributed by atoms with E-state index in [1.54, 1.807) is 7.11 Å². The Hall–Kier alpha value is -1.71. The molecule has 1 rings (SSSR count). The summed E-state index contributed by atoms with van der Waals surface area (Å²) >= 11 is 0. The maximum atomic E-state index is 5.39. The quantitative estimate of drug-likeness (QED) is 0.340. The number of aromatic nitrogens is 3. The summed E-state index contributed by atoms with van der Waals surface area (Å²) in [5, 5.41) is 0. The minimum atomic E-state index is -0.0602. The summed E-state index contributed by atoms with van der Waals surface area (Å²) < 4.78 is 21.0. The molecule has 0 spiro atoms. The standard InChI is InChI=1S/C12H23N5O4/c1-9(2)21-12-15-10(17-13)14-11(16-12)20-8-7-19-6-4-5-18-3/h9H,4-8,13H2,1-3H3,(H,14,15,16,17). The molecule has 0 unspecified atom stereocenters. The van der Waals surface area contributed by atoms with E-state index in [0.717, 1.165) is 6.42 Å². The SMILES string of the molecule is COCCCOCCOc1nc(NN)nc(OC(C)C)n1. The molecule has 0 atom stereocenters. The van der Waals surface area contributed by atoms with E-state index in [4.69, 9.17) is 24.8 Å². The third-order valence-corrected chi connectivity index (χ3v) is 2.16. The van der Waals surface area contributed by atoms with Gasteiger partial charge in [0.2, 0.25) is 5.95 Å². The molecule has 0 saturated heterocycles. The van der Waals surface area contributed by atoms with E-state index in [-0.39, 0.29) is 24.1 Å². The Balaban J connectivity index is 2.39. The summed E-state index contributed by atoms with van der Waals surface area (Å²) in [6, 6.07) is 0.290. The first-order valence-corrected chi connectivity index (χ1v) is 6.74. The first-order chi connectivity index (χ1) is 10.2. The topological polar surface area (TPSA) is 114 Å². The van der Waals surface area contributed by atoms with Crippen molar-refractivity contribution in [1.82, 2.24) is 15.0 Å². The van der Waals surface area contributed by atoms with E-state index in [1.165, 1.54) is 0 Å². The Morgan fingerprint density at radius 1 is 1.05 bits per heavy atom. The molecule has 0 saturated carbocycles. The van der Waals surface area contributed by atoms with Gasteiger partial charge >= 0.3 is 12.0 Å². The van der Waals surface area contributed by atoms with Crippen molar-refractivity contribution in [2.75, 3.05) is 39.0 Å². The molecule has 0 aliphatic carbocycles. The largest absolute Gasteiger partial charge is 0.461 e. The predicted octanol–water partition coefficient (Wildman–Crippen LogP) is 0.376. The number of methoxy groups -OCH3 is 1. The molecule has 120 valence electrons. The van der Waals surface area contributed by atoms with Gasteiger partial charge in [0.05, 0.1) is 12.7 Å². The van der Waals surface area contributed by atoms with E-state index in [1.807, 2.05) is 13.8 Å². The molecule has 1 aromatic rings. The predicted molar refractivity (Wildman–Crippen MR) is 76.2 cm³/mol. The number of rotatable bonds is 11. The molecule has 0 amide bonds. The number of nitrogens with two attached hydrogens (primary N) is 1. The Kier molecular flexibility index (Phi) is 8.32. The Morgan fingerprint density at radius 3 is 2.48 bits per heavy atom. The summed E-state index contributed by atoms with van der Waals surface area (Å²) in [6.45, 7) is 5.78. The molecule has 21 heavy (non-hydrogen) atoms. The van der Waals surface area contributed by atoms with Crippen LogP contribution in [0.5, 0.6) is 12.0 Å². The monoisotopic (exact) mass is 301 g/mol. The Bertz CT molecular complexity index is 405. The van der Waals surface area contributed by atoms with Crippen LogP contribution in [0.15, 0.2) is 0 Å². The smallest absolute Gasteiger partial charge is 0.324 e. The molecule has 0 fully saturated rings. The average molecular weight is 301 g/mol. The maximum absolute atomic E-state index is 5.39. The molecule has 0 aliphatic rings. The van der Waals surface area contributed by atoms with Crippen LogP contribution in [-0.2, 0) is 9.47 Å². The molecule has 9 heteroatoms. The van der Waals surface area contributed by atoms with Gasteiger partial charge in [-0.2, -0.15) is 9.97 Å². The first-order valence-electron chi connectivity index (χ1n) is 6.74. The number of ether oxygens (including phenoxy) is 4.